The molecule has 0 spiro atoms. The van der Waals surface area contributed by atoms with Crippen LogP contribution in [0.4, 0.5) is 24.5 Å². The van der Waals surface area contributed by atoms with E-state index in [2.05, 4.69) is 68.1 Å². The standard InChI is InChI=1S/C63H68ClF3N8O8S3/c1-62(2)26-24-53(44-11-15-48(64)16-12-44)47(39-62)40-73-33-35-74(36-34-73)50-17-13-45(14-18-50)59(77)70-86(82,83)52-19-21-55(57(38-52)85(80,81)63(65,66)67)68-49(42-84-51-8-4-3-5-9-51)25-28-72-31-29-71(30-32-72)27-6-7-43-10-20-54-46(37-43)41-75(61(54)79)56-22-23-58(76)69-60(56)78/h3-5,8-21,37-38,49,56,68H,22-36,39-42H2,1-2H3,(H,70,77)(H,69,76,78)/t49-,56?/m1/s1. The molecule has 0 bridgehead atoms. The number of anilines is 2. The number of thioether (sulfide) groups is 1. The number of imide groups is 1. The second-order valence-corrected chi connectivity index (χ2v) is 28.3. The summed E-state index contributed by atoms with van der Waals surface area (Å²) in [6, 6.07) is 30.2. The van der Waals surface area contributed by atoms with E-state index in [-0.39, 0.29) is 42.2 Å². The van der Waals surface area contributed by atoms with Gasteiger partial charge in [-0.2, -0.15) is 13.2 Å². The molecule has 3 fully saturated rings. The Morgan fingerprint density at radius 2 is 1.52 bits per heavy atom. The molecule has 5 aliphatic rings. The van der Waals surface area contributed by atoms with Gasteiger partial charge in [-0.15, -0.1) is 11.8 Å². The number of nitrogens with zero attached hydrogens (tertiary/aromatic N) is 5. The van der Waals surface area contributed by atoms with E-state index >= 15 is 0 Å². The molecule has 23 heteroatoms. The number of nitrogens with one attached hydrogen (secondary N) is 3. The first-order chi connectivity index (χ1) is 41.0. The molecular weight excluding hydrogens is 1190 g/mol. The van der Waals surface area contributed by atoms with Crippen LogP contribution in [0, 0.1) is 17.3 Å². The molecule has 5 aromatic rings. The van der Waals surface area contributed by atoms with Crippen molar-refractivity contribution in [2.75, 3.05) is 88.0 Å². The summed E-state index contributed by atoms with van der Waals surface area (Å²) in [5.41, 5.74) is 0.772. The third-order valence-electron chi connectivity index (χ3n) is 16.6. The predicted octanol–water partition coefficient (Wildman–Crippen LogP) is 8.93. The summed E-state index contributed by atoms with van der Waals surface area (Å²) in [5.74, 6) is 4.58. The fourth-order valence-electron chi connectivity index (χ4n) is 11.7. The first-order valence-corrected chi connectivity index (χ1v) is 33.0. The Morgan fingerprint density at radius 1 is 0.826 bits per heavy atom. The van der Waals surface area contributed by atoms with Crippen molar-refractivity contribution in [3.63, 3.8) is 0 Å². The van der Waals surface area contributed by atoms with Crippen molar-refractivity contribution in [1.29, 1.82) is 0 Å². The molecule has 454 valence electrons. The lowest BCUT2D eigenvalue weighted by molar-refractivity contribution is -0.136. The summed E-state index contributed by atoms with van der Waals surface area (Å²) < 4.78 is 99.7. The van der Waals surface area contributed by atoms with Gasteiger partial charge in [0.15, 0.2) is 0 Å². The summed E-state index contributed by atoms with van der Waals surface area (Å²) in [5, 5.41) is 6.06. The molecule has 5 aromatic carbocycles. The van der Waals surface area contributed by atoms with Crippen LogP contribution >= 0.6 is 23.4 Å². The van der Waals surface area contributed by atoms with Crippen molar-refractivity contribution >= 4 is 83.8 Å². The van der Waals surface area contributed by atoms with Crippen LogP contribution in [0.15, 0.2) is 136 Å². The maximum absolute atomic E-state index is 14.5. The third-order valence-corrected chi connectivity index (χ3v) is 20.9. The van der Waals surface area contributed by atoms with Gasteiger partial charge < -0.3 is 20.0 Å². The van der Waals surface area contributed by atoms with E-state index in [1.807, 2.05) is 53.3 Å². The zero-order chi connectivity index (χ0) is 61.0. The molecule has 86 heavy (non-hydrogen) atoms. The van der Waals surface area contributed by atoms with Crippen LogP contribution in [-0.4, -0.2) is 155 Å². The van der Waals surface area contributed by atoms with Gasteiger partial charge in [-0.05, 0) is 139 Å². The van der Waals surface area contributed by atoms with Crippen LogP contribution in [0.3, 0.4) is 0 Å². The fraction of sp³-hybridized carbons (Fsp3) is 0.397. The summed E-state index contributed by atoms with van der Waals surface area (Å²) in [7, 11) is -11.0. The van der Waals surface area contributed by atoms with Gasteiger partial charge in [0.05, 0.1) is 17.1 Å². The third kappa shape index (κ3) is 15.0. The summed E-state index contributed by atoms with van der Waals surface area (Å²) in [6.45, 7) is 12.4. The molecule has 10 rings (SSSR count). The van der Waals surface area contributed by atoms with Gasteiger partial charge in [0.1, 0.15) is 10.9 Å². The number of amides is 4. The first-order valence-electron chi connectivity index (χ1n) is 28.7. The number of halogens is 4. The molecule has 4 aliphatic heterocycles. The fourth-order valence-corrected chi connectivity index (χ4v) is 14.9. The van der Waals surface area contributed by atoms with E-state index in [0.29, 0.717) is 81.2 Å². The molecule has 1 unspecified atom stereocenters. The second-order valence-electron chi connectivity index (χ2n) is 23.2. The van der Waals surface area contributed by atoms with Gasteiger partial charge in [0, 0.05) is 123 Å². The van der Waals surface area contributed by atoms with Crippen LogP contribution in [0.2, 0.25) is 5.02 Å². The molecular formula is C63H68ClF3N8O8S3. The molecule has 2 atom stereocenters. The molecule has 4 amide bonds. The van der Waals surface area contributed by atoms with E-state index in [1.165, 1.54) is 45.5 Å². The number of sulfone groups is 1. The number of piperazine rings is 2. The smallest absolute Gasteiger partial charge is 0.380 e. The lowest BCUT2D eigenvalue weighted by atomic mass is 9.73. The highest BCUT2D eigenvalue weighted by Crippen LogP contribution is 2.43. The van der Waals surface area contributed by atoms with Crippen LogP contribution in [-0.2, 0) is 36.0 Å². The number of benzene rings is 5. The zero-order valence-corrected chi connectivity index (χ0v) is 51.0. The first kappa shape index (κ1) is 62.3. The minimum absolute atomic E-state index is 0.0251. The Morgan fingerprint density at radius 3 is 2.22 bits per heavy atom. The highest BCUT2D eigenvalue weighted by Gasteiger charge is 2.49. The topological polar surface area (TPSA) is 189 Å². The number of alkyl halides is 3. The van der Waals surface area contributed by atoms with E-state index in [9.17, 15) is 49.2 Å². The number of allylic oxidation sites excluding steroid dienone is 1. The van der Waals surface area contributed by atoms with Crippen molar-refractivity contribution in [1.82, 2.24) is 29.6 Å². The average Bonchev–Trinajstić information content (AvgIpc) is 1.99. The van der Waals surface area contributed by atoms with Crippen molar-refractivity contribution in [3.05, 3.63) is 154 Å². The minimum atomic E-state index is -6.14. The Kier molecular flexibility index (Phi) is 19.1. The second kappa shape index (κ2) is 26.3. The van der Waals surface area contributed by atoms with Crippen LogP contribution in [0.5, 0.6) is 0 Å². The highest BCUT2D eigenvalue weighted by molar-refractivity contribution is 7.99. The molecule has 0 saturated carbocycles. The van der Waals surface area contributed by atoms with Gasteiger partial charge in [0.2, 0.25) is 11.8 Å². The molecule has 3 saturated heterocycles. The molecule has 0 radical (unpaired) electrons. The van der Waals surface area contributed by atoms with Crippen molar-refractivity contribution in [2.24, 2.45) is 5.41 Å². The van der Waals surface area contributed by atoms with Crippen LogP contribution < -0.4 is 20.3 Å². The average molecular weight is 1250 g/mol. The summed E-state index contributed by atoms with van der Waals surface area (Å²) >= 11 is 7.64. The molecule has 16 nitrogen and oxygen atoms in total. The number of rotatable bonds is 18. The highest BCUT2D eigenvalue weighted by atomic mass is 35.5. The van der Waals surface area contributed by atoms with E-state index in [1.54, 1.807) is 24.3 Å². The molecule has 3 N–H and O–H groups in total. The van der Waals surface area contributed by atoms with Gasteiger partial charge in [0.25, 0.3) is 31.7 Å². The number of hydrogen-bond acceptors (Lipinski definition) is 14. The Labute approximate surface area is 509 Å². The lowest BCUT2D eigenvalue weighted by Crippen LogP contribution is -2.52. The van der Waals surface area contributed by atoms with E-state index in [4.69, 9.17) is 11.6 Å². The van der Waals surface area contributed by atoms with Gasteiger partial charge >= 0.3 is 5.51 Å². The number of hydrogen-bond donors (Lipinski definition) is 3. The Bertz CT molecular complexity index is 3700. The van der Waals surface area contributed by atoms with Crippen molar-refractivity contribution in [3.8, 4) is 11.8 Å². The largest absolute Gasteiger partial charge is 0.501 e. The summed E-state index contributed by atoms with van der Waals surface area (Å²) in [6.07, 6.45) is 3.92. The maximum Gasteiger partial charge on any atom is 0.501 e. The SMILES string of the molecule is CC1(C)CCC(c2ccc(Cl)cc2)=C(CN2CCN(c3ccc(C(=O)NS(=O)(=O)c4ccc(N[C@H](CCN5CCN(CC#Cc6ccc7c(c6)CN(C6CCC(=O)NC6=O)C7=O)CC5)CSc5ccccc5)c(S(=O)(=O)C(F)(F)F)c4)cc3)CC2)C1. The van der Waals surface area contributed by atoms with Gasteiger partial charge in [-0.1, -0.05) is 73.2 Å². The Balaban J connectivity index is 0.754. The molecule has 0 aromatic heterocycles. The van der Waals surface area contributed by atoms with Gasteiger partial charge in [-0.25, -0.2) is 21.6 Å². The quantitative estimate of drug-likeness (QED) is 0.0429. The number of carbonyl (C=O) groups is 4. The van der Waals surface area contributed by atoms with Crippen molar-refractivity contribution in [2.45, 2.75) is 91.2 Å². The number of fused-ring (bicyclic) bond motifs is 1. The lowest BCUT2D eigenvalue weighted by Gasteiger charge is -2.39. The zero-order valence-electron chi connectivity index (χ0n) is 47.8. The van der Waals surface area contributed by atoms with Crippen LogP contribution in [0.1, 0.15) is 89.8 Å². The number of sulfonamides is 1. The normalized spacial score (nSPS) is 19.4. The maximum atomic E-state index is 14.5. The Hall–Kier alpha value is -6.71. The molecule has 4 heterocycles. The van der Waals surface area contributed by atoms with Crippen molar-refractivity contribution < 1.29 is 49.2 Å². The number of carbonyl (C=O) groups excluding carboxylic acids is 4. The van der Waals surface area contributed by atoms with E-state index < -0.39 is 64.7 Å². The van der Waals surface area contributed by atoms with Crippen LogP contribution in [0.25, 0.3) is 5.57 Å². The molecule has 1 aliphatic carbocycles. The van der Waals surface area contributed by atoms with E-state index in [0.717, 1.165) is 72.7 Å². The predicted molar refractivity (Wildman–Crippen MR) is 327 cm³/mol. The van der Waals surface area contributed by atoms with Gasteiger partial charge in [-0.3, -0.25) is 34.3 Å². The number of piperidine rings is 1. The monoisotopic (exact) mass is 1250 g/mol. The summed E-state index contributed by atoms with van der Waals surface area (Å²) in [4.78, 5) is 60.1. The minimum Gasteiger partial charge on any atom is -0.380 e.